The molecule has 0 aliphatic heterocycles. The van der Waals surface area contributed by atoms with Crippen LogP contribution in [-0.2, 0) is 10.0 Å². The molecule has 9 nitrogen and oxygen atoms in total. The van der Waals surface area contributed by atoms with Crippen molar-refractivity contribution in [2.75, 3.05) is 13.1 Å². The van der Waals surface area contributed by atoms with Crippen molar-refractivity contribution in [1.29, 1.82) is 0 Å². The Bertz CT molecular complexity index is 1370. The van der Waals surface area contributed by atoms with Crippen LogP contribution >= 0.6 is 0 Å². The topological polar surface area (TPSA) is 135 Å². The average Bonchev–Trinajstić information content (AvgIpc) is 3.08. The average molecular weight is 451 g/mol. The molecule has 10 heteroatoms. The van der Waals surface area contributed by atoms with Gasteiger partial charge in [-0.05, 0) is 29.3 Å². The molecule has 0 spiro atoms. The first-order chi connectivity index (χ1) is 15.3. The summed E-state index contributed by atoms with van der Waals surface area (Å²) in [7, 11) is -3.98. The summed E-state index contributed by atoms with van der Waals surface area (Å²) in [6.07, 6.45) is 0. The van der Waals surface area contributed by atoms with Gasteiger partial charge in [0.15, 0.2) is 5.78 Å². The third-order valence-electron chi connectivity index (χ3n) is 5.03. The minimum Gasteiger partial charge on any atom is -0.351 e. The molecule has 4 rings (SSSR count). The van der Waals surface area contributed by atoms with E-state index in [1.54, 1.807) is 24.3 Å². The molecular weight excluding hydrogens is 434 g/mol. The zero-order valence-electron chi connectivity index (χ0n) is 16.6. The Morgan fingerprint density at radius 1 is 0.875 bits per heavy atom. The molecule has 1 aliphatic rings. The molecule has 3 aromatic rings. The summed E-state index contributed by atoms with van der Waals surface area (Å²) in [6, 6.07) is 16.8. The van der Waals surface area contributed by atoms with Crippen molar-refractivity contribution in [2.24, 2.45) is 0 Å². The minimum atomic E-state index is -3.98. The number of hydrogen-bond acceptors (Lipinski definition) is 6. The largest absolute Gasteiger partial charge is 0.351 e. The number of carbonyl (C=O) groups excluding carboxylic acids is 2. The van der Waals surface area contributed by atoms with Gasteiger partial charge in [-0.15, -0.1) is 0 Å². The fourth-order valence-electron chi connectivity index (χ4n) is 3.48. The standard InChI is InChI=1S/C22H17N3O6S/c26-21-19-7-2-1-6-17(19)18-9-8-14(12-20(18)21)22(27)23-10-11-24-32(30,31)16-5-3-4-15(13-16)25(28)29/h1-9,12-13,24H,10-11H2,(H,23,27). The molecule has 162 valence electrons. The monoisotopic (exact) mass is 451 g/mol. The first-order valence-electron chi connectivity index (χ1n) is 9.58. The van der Waals surface area contributed by atoms with Crippen LogP contribution in [0, 0.1) is 10.1 Å². The number of nitrogens with zero attached hydrogens (tertiary/aromatic N) is 1. The first-order valence-corrected chi connectivity index (χ1v) is 11.1. The summed E-state index contributed by atoms with van der Waals surface area (Å²) < 4.78 is 26.9. The molecule has 0 bridgehead atoms. The summed E-state index contributed by atoms with van der Waals surface area (Å²) in [5, 5.41) is 13.4. The minimum absolute atomic E-state index is 0.0156. The van der Waals surface area contributed by atoms with Gasteiger partial charge in [0.2, 0.25) is 10.0 Å². The number of carbonyl (C=O) groups is 2. The van der Waals surface area contributed by atoms with Crippen LogP contribution in [-0.4, -0.2) is 38.1 Å². The second-order valence-electron chi connectivity index (χ2n) is 7.04. The van der Waals surface area contributed by atoms with E-state index in [1.807, 2.05) is 12.1 Å². The number of nitro benzene ring substituents is 1. The molecule has 0 heterocycles. The predicted octanol–water partition coefficient (Wildman–Crippen LogP) is 2.51. The van der Waals surface area contributed by atoms with Crippen LogP contribution in [0.1, 0.15) is 26.3 Å². The lowest BCUT2D eigenvalue weighted by molar-refractivity contribution is -0.385. The molecular formula is C22H17N3O6S. The maximum Gasteiger partial charge on any atom is 0.270 e. The number of nitrogens with one attached hydrogen (secondary N) is 2. The number of ketones is 1. The number of hydrogen-bond donors (Lipinski definition) is 2. The van der Waals surface area contributed by atoms with E-state index in [0.717, 1.165) is 17.2 Å². The van der Waals surface area contributed by atoms with Gasteiger partial charge in [-0.3, -0.25) is 19.7 Å². The van der Waals surface area contributed by atoms with E-state index >= 15 is 0 Å². The number of amides is 1. The molecule has 0 saturated carbocycles. The number of rotatable bonds is 7. The van der Waals surface area contributed by atoms with E-state index in [9.17, 15) is 28.1 Å². The molecule has 1 amide bonds. The van der Waals surface area contributed by atoms with Crippen molar-refractivity contribution in [3.8, 4) is 11.1 Å². The van der Waals surface area contributed by atoms with Gasteiger partial charge < -0.3 is 5.32 Å². The Hall–Kier alpha value is -3.89. The second-order valence-corrected chi connectivity index (χ2v) is 8.81. The number of sulfonamides is 1. The van der Waals surface area contributed by atoms with Gasteiger partial charge in [0.1, 0.15) is 0 Å². The molecule has 3 aromatic carbocycles. The van der Waals surface area contributed by atoms with Gasteiger partial charge in [-0.2, -0.15) is 0 Å². The fraction of sp³-hybridized carbons (Fsp3) is 0.0909. The Balaban J connectivity index is 1.38. The van der Waals surface area contributed by atoms with Gasteiger partial charge in [0, 0.05) is 41.9 Å². The lowest BCUT2D eigenvalue weighted by atomic mass is 10.0. The first kappa shape index (κ1) is 21.3. The van der Waals surface area contributed by atoms with Crippen LogP contribution in [0.25, 0.3) is 11.1 Å². The van der Waals surface area contributed by atoms with Gasteiger partial charge in [-0.25, -0.2) is 13.1 Å². The Kier molecular flexibility index (Phi) is 5.56. The molecule has 1 aliphatic carbocycles. The molecule has 0 saturated heterocycles. The molecule has 0 unspecified atom stereocenters. The van der Waals surface area contributed by atoms with Crippen LogP contribution in [0.3, 0.4) is 0 Å². The molecule has 32 heavy (non-hydrogen) atoms. The Morgan fingerprint density at radius 3 is 2.34 bits per heavy atom. The van der Waals surface area contributed by atoms with Crippen molar-refractivity contribution in [3.05, 3.63) is 93.5 Å². The van der Waals surface area contributed by atoms with Crippen LogP contribution in [0.4, 0.5) is 5.69 Å². The quantitative estimate of drug-likeness (QED) is 0.252. The SMILES string of the molecule is O=C(NCCNS(=O)(=O)c1cccc([N+](=O)[O-])c1)c1ccc2c(c1)C(=O)c1ccccc1-2. The highest BCUT2D eigenvalue weighted by Crippen LogP contribution is 2.36. The van der Waals surface area contributed by atoms with E-state index < -0.39 is 20.9 Å². The summed E-state index contributed by atoms with van der Waals surface area (Å²) in [5.74, 6) is -0.596. The zero-order valence-corrected chi connectivity index (χ0v) is 17.4. The maximum absolute atomic E-state index is 12.6. The third-order valence-corrected chi connectivity index (χ3v) is 6.49. The number of benzene rings is 3. The highest BCUT2D eigenvalue weighted by Gasteiger charge is 2.27. The summed E-state index contributed by atoms with van der Waals surface area (Å²) in [6.45, 7) is -0.135. The smallest absolute Gasteiger partial charge is 0.270 e. The Morgan fingerprint density at radius 2 is 1.59 bits per heavy atom. The molecule has 0 atom stereocenters. The summed E-state index contributed by atoms with van der Waals surface area (Å²) in [5.41, 5.74) is 2.59. The van der Waals surface area contributed by atoms with E-state index in [0.29, 0.717) is 11.1 Å². The van der Waals surface area contributed by atoms with Crippen molar-refractivity contribution in [1.82, 2.24) is 10.0 Å². The van der Waals surface area contributed by atoms with E-state index in [2.05, 4.69) is 10.0 Å². The predicted molar refractivity (Wildman–Crippen MR) is 116 cm³/mol. The van der Waals surface area contributed by atoms with Crippen molar-refractivity contribution < 1.29 is 22.9 Å². The van der Waals surface area contributed by atoms with Crippen LogP contribution in [0.2, 0.25) is 0 Å². The van der Waals surface area contributed by atoms with E-state index in [1.165, 1.54) is 24.3 Å². The van der Waals surface area contributed by atoms with Crippen LogP contribution in [0.5, 0.6) is 0 Å². The van der Waals surface area contributed by atoms with Crippen molar-refractivity contribution in [3.63, 3.8) is 0 Å². The van der Waals surface area contributed by atoms with E-state index in [-0.39, 0.29) is 35.0 Å². The lowest BCUT2D eigenvalue weighted by Gasteiger charge is -2.09. The van der Waals surface area contributed by atoms with Gasteiger partial charge in [0.25, 0.3) is 11.6 Å². The highest BCUT2D eigenvalue weighted by molar-refractivity contribution is 7.89. The molecule has 2 N–H and O–H groups in total. The molecule has 0 aromatic heterocycles. The maximum atomic E-state index is 12.6. The van der Waals surface area contributed by atoms with Gasteiger partial charge in [0.05, 0.1) is 9.82 Å². The summed E-state index contributed by atoms with van der Waals surface area (Å²) >= 11 is 0. The van der Waals surface area contributed by atoms with Gasteiger partial charge >= 0.3 is 0 Å². The zero-order chi connectivity index (χ0) is 22.9. The van der Waals surface area contributed by atoms with Gasteiger partial charge in [-0.1, -0.05) is 36.4 Å². The second kappa shape index (κ2) is 8.33. The van der Waals surface area contributed by atoms with Crippen LogP contribution < -0.4 is 10.0 Å². The fourth-order valence-corrected chi connectivity index (χ4v) is 4.55. The number of non-ortho nitro benzene ring substituents is 1. The number of nitro groups is 1. The third kappa shape index (κ3) is 4.01. The Labute approximate surface area is 183 Å². The molecule has 0 fully saturated rings. The normalized spacial score (nSPS) is 12.2. The van der Waals surface area contributed by atoms with Crippen LogP contribution in [0.15, 0.2) is 71.6 Å². The highest BCUT2D eigenvalue weighted by atomic mass is 32.2. The van der Waals surface area contributed by atoms with Crippen molar-refractivity contribution in [2.45, 2.75) is 4.90 Å². The summed E-state index contributed by atoms with van der Waals surface area (Å²) in [4.78, 5) is 35.0. The molecule has 0 radical (unpaired) electrons. The van der Waals surface area contributed by atoms with Crippen molar-refractivity contribution >= 4 is 27.4 Å². The van der Waals surface area contributed by atoms with E-state index in [4.69, 9.17) is 0 Å². The lowest BCUT2D eigenvalue weighted by Crippen LogP contribution is -2.34. The number of fused-ring (bicyclic) bond motifs is 3.